The number of nitrogens with zero attached hydrogens (tertiary/aromatic N) is 1. The summed E-state index contributed by atoms with van der Waals surface area (Å²) in [5.74, 6) is -0.0523. The Bertz CT molecular complexity index is 914. The monoisotopic (exact) mass is 435 g/mol. The molecule has 2 amide bonds. The third-order valence-corrected chi connectivity index (χ3v) is 4.43. The van der Waals surface area contributed by atoms with Gasteiger partial charge in [0.15, 0.2) is 6.61 Å². The number of nitrogens with one attached hydrogen (secondary N) is 2. The van der Waals surface area contributed by atoms with Crippen molar-refractivity contribution in [2.45, 2.75) is 33.1 Å². The van der Waals surface area contributed by atoms with Gasteiger partial charge in [0.25, 0.3) is 5.91 Å². The van der Waals surface area contributed by atoms with Crippen LogP contribution >= 0.6 is 23.2 Å². The van der Waals surface area contributed by atoms with Crippen LogP contribution in [0.5, 0.6) is 5.75 Å². The molecule has 2 rings (SSSR count). The molecule has 0 atom stereocenters. The first-order valence-corrected chi connectivity index (χ1v) is 9.80. The number of halogens is 2. The molecule has 0 unspecified atom stereocenters. The Hall–Kier alpha value is -2.57. The average Bonchev–Trinajstić information content (AvgIpc) is 2.65. The molecule has 0 spiro atoms. The van der Waals surface area contributed by atoms with Gasteiger partial charge in [-0.3, -0.25) is 9.59 Å². The fraction of sp³-hybridized carbons (Fsp3) is 0.286. The number of rotatable bonds is 8. The van der Waals surface area contributed by atoms with E-state index < -0.39 is 5.91 Å². The summed E-state index contributed by atoms with van der Waals surface area (Å²) >= 11 is 11.8. The van der Waals surface area contributed by atoms with Crippen LogP contribution in [0.3, 0.4) is 0 Å². The largest absolute Gasteiger partial charge is 0.482 e. The van der Waals surface area contributed by atoms with Gasteiger partial charge < -0.3 is 10.1 Å². The van der Waals surface area contributed by atoms with Crippen LogP contribution in [0.25, 0.3) is 0 Å². The molecule has 6 nitrogen and oxygen atoms in total. The molecule has 0 bridgehead atoms. The fourth-order valence-electron chi connectivity index (χ4n) is 2.51. The number of hydrogen-bond acceptors (Lipinski definition) is 4. The van der Waals surface area contributed by atoms with Gasteiger partial charge in [0.2, 0.25) is 5.91 Å². The number of ether oxygens (including phenoxy) is 1. The molecule has 0 radical (unpaired) electrons. The highest BCUT2D eigenvalue weighted by Crippen LogP contribution is 2.27. The maximum atomic E-state index is 12.3. The first-order chi connectivity index (χ1) is 13.8. The number of para-hydroxylation sites is 1. The van der Waals surface area contributed by atoms with Crippen molar-refractivity contribution in [1.29, 1.82) is 0 Å². The van der Waals surface area contributed by atoms with Crippen LogP contribution in [0, 0.1) is 0 Å². The zero-order valence-electron chi connectivity index (χ0n) is 16.5. The first kappa shape index (κ1) is 22.7. The lowest BCUT2D eigenvalue weighted by Crippen LogP contribution is -2.26. The van der Waals surface area contributed by atoms with Crippen LogP contribution in [0.15, 0.2) is 47.6 Å². The molecule has 29 heavy (non-hydrogen) atoms. The molecule has 8 heteroatoms. The molecule has 0 aliphatic rings. The van der Waals surface area contributed by atoms with Gasteiger partial charge in [0.05, 0.1) is 11.4 Å². The van der Waals surface area contributed by atoms with Gasteiger partial charge in [-0.15, -0.1) is 0 Å². The number of carbonyl (C=O) groups is 2. The summed E-state index contributed by atoms with van der Waals surface area (Å²) in [6, 6.07) is 12.4. The van der Waals surface area contributed by atoms with E-state index in [2.05, 4.69) is 29.7 Å². The molecular weight excluding hydrogens is 413 g/mol. The first-order valence-electron chi connectivity index (χ1n) is 9.05. The topological polar surface area (TPSA) is 79.8 Å². The number of hydrogen-bond donors (Lipinski definition) is 2. The number of benzene rings is 2. The predicted molar refractivity (Wildman–Crippen MR) is 117 cm³/mol. The fourth-order valence-corrected chi connectivity index (χ4v) is 2.97. The molecule has 0 heterocycles. The smallest absolute Gasteiger partial charge is 0.277 e. The highest BCUT2D eigenvalue weighted by Gasteiger charge is 2.11. The molecule has 0 aliphatic heterocycles. The SMILES string of the molecule is C/C(CC(=O)Nc1ccccc1C(C)C)=N\NC(=O)COc1ccc(Cl)cc1Cl. The molecule has 0 aromatic heterocycles. The molecule has 2 aromatic rings. The third kappa shape index (κ3) is 7.40. The second-order valence-electron chi connectivity index (χ2n) is 6.71. The number of anilines is 1. The van der Waals surface area contributed by atoms with E-state index in [0.717, 1.165) is 11.3 Å². The lowest BCUT2D eigenvalue weighted by molar-refractivity contribution is -0.123. The second kappa shape index (κ2) is 10.8. The van der Waals surface area contributed by atoms with E-state index in [0.29, 0.717) is 21.5 Å². The lowest BCUT2D eigenvalue weighted by atomic mass is 10.0. The summed E-state index contributed by atoms with van der Waals surface area (Å²) in [6.07, 6.45) is 0.0522. The van der Waals surface area contributed by atoms with E-state index in [1.54, 1.807) is 19.1 Å². The van der Waals surface area contributed by atoms with Crippen LogP contribution in [0.2, 0.25) is 10.0 Å². The quantitative estimate of drug-likeness (QED) is 0.451. The zero-order chi connectivity index (χ0) is 21.4. The normalized spacial score (nSPS) is 11.3. The van der Waals surface area contributed by atoms with Gasteiger partial charge in [-0.2, -0.15) is 5.10 Å². The van der Waals surface area contributed by atoms with Crippen molar-refractivity contribution in [3.63, 3.8) is 0 Å². The van der Waals surface area contributed by atoms with Gasteiger partial charge in [-0.25, -0.2) is 5.43 Å². The van der Waals surface area contributed by atoms with E-state index in [1.807, 2.05) is 24.3 Å². The van der Waals surface area contributed by atoms with E-state index in [-0.39, 0.29) is 24.9 Å². The lowest BCUT2D eigenvalue weighted by Gasteiger charge is -2.13. The van der Waals surface area contributed by atoms with Gasteiger partial charge in [0.1, 0.15) is 5.75 Å². The third-order valence-electron chi connectivity index (χ3n) is 3.90. The van der Waals surface area contributed by atoms with Crippen molar-refractivity contribution in [3.05, 3.63) is 58.1 Å². The molecule has 2 aromatic carbocycles. The minimum absolute atomic E-state index is 0.0522. The van der Waals surface area contributed by atoms with Crippen LogP contribution in [0.4, 0.5) is 5.69 Å². The molecule has 0 saturated heterocycles. The van der Waals surface area contributed by atoms with Crippen LogP contribution in [-0.2, 0) is 9.59 Å². The highest BCUT2D eigenvalue weighted by atomic mass is 35.5. The van der Waals surface area contributed by atoms with Crippen molar-refractivity contribution in [2.75, 3.05) is 11.9 Å². The Balaban J connectivity index is 1.83. The zero-order valence-corrected chi connectivity index (χ0v) is 18.0. The highest BCUT2D eigenvalue weighted by molar-refractivity contribution is 6.35. The molecule has 0 aliphatic carbocycles. The summed E-state index contributed by atoms with van der Waals surface area (Å²) in [7, 11) is 0. The summed E-state index contributed by atoms with van der Waals surface area (Å²) in [5, 5.41) is 7.60. The summed E-state index contributed by atoms with van der Waals surface area (Å²) in [6.45, 7) is 5.51. The Kier molecular flexibility index (Phi) is 8.49. The Morgan fingerprint density at radius 3 is 2.52 bits per heavy atom. The van der Waals surface area contributed by atoms with E-state index >= 15 is 0 Å². The van der Waals surface area contributed by atoms with Gasteiger partial charge >= 0.3 is 0 Å². The summed E-state index contributed by atoms with van der Waals surface area (Å²) in [5.41, 5.74) is 4.65. The standard InChI is InChI=1S/C21H23Cl2N3O3/c1-13(2)16-6-4-5-7-18(16)24-20(27)10-14(3)25-26-21(28)12-29-19-9-8-15(22)11-17(19)23/h4-9,11,13H,10,12H2,1-3H3,(H,24,27)(H,26,28)/b25-14+. The van der Waals surface area contributed by atoms with Crippen LogP contribution in [-0.4, -0.2) is 24.1 Å². The van der Waals surface area contributed by atoms with Crippen molar-refractivity contribution in [1.82, 2.24) is 5.43 Å². The van der Waals surface area contributed by atoms with Gasteiger partial charge in [-0.05, 0) is 42.7 Å². The summed E-state index contributed by atoms with van der Waals surface area (Å²) < 4.78 is 5.33. The molecule has 0 fully saturated rings. The minimum Gasteiger partial charge on any atom is -0.482 e. The van der Waals surface area contributed by atoms with Crippen molar-refractivity contribution >= 4 is 46.4 Å². The van der Waals surface area contributed by atoms with Crippen LogP contribution < -0.4 is 15.5 Å². The van der Waals surface area contributed by atoms with Gasteiger partial charge in [0, 0.05) is 16.4 Å². The second-order valence-corrected chi connectivity index (χ2v) is 7.56. The Morgan fingerprint density at radius 2 is 1.83 bits per heavy atom. The minimum atomic E-state index is -0.471. The van der Waals surface area contributed by atoms with Crippen LogP contribution in [0.1, 0.15) is 38.7 Å². The van der Waals surface area contributed by atoms with E-state index in [4.69, 9.17) is 27.9 Å². The number of amides is 2. The maximum Gasteiger partial charge on any atom is 0.277 e. The number of carbonyl (C=O) groups excluding carboxylic acids is 2. The van der Waals surface area contributed by atoms with Crippen molar-refractivity contribution in [2.24, 2.45) is 5.10 Å². The molecular formula is C21H23Cl2N3O3. The Morgan fingerprint density at radius 1 is 1.10 bits per heavy atom. The van der Waals surface area contributed by atoms with E-state index in [9.17, 15) is 9.59 Å². The molecule has 0 saturated carbocycles. The van der Waals surface area contributed by atoms with Crippen molar-refractivity contribution in [3.8, 4) is 5.75 Å². The van der Waals surface area contributed by atoms with Gasteiger partial charge in [-0.1, -0.05) is 55.2 Å². The number of hydrazone groups is 1. The molecule has 2 N–H and O–H groups in total. The molecule has 154 valence electrons. The Labute approximate surface area is 180 Å². The predicted octanol–water partition coefficient (Wildman–Crippen LogP) is 5.02. The summed E-state index contributed by atoms with van der Waals surface area (Å²) in [4.78, 5) is 24.1. The van der Waals surface area contributed by atoms with Crippen molar-refractivity contribution < 1.29 is 14.3 Å². The average molecular weight is 436 g/mol. The van der Waals surface area contributed by atoms with E-state index in [1.165, 1.54) is 6.07 Å². The maximum absolute atomic E-state index is 12.3.